The smallest absolute Gasteiger partial charge is 0.257 e. The van der Waals surface area contributed by atoms with Gasteiger partial charge in [-0.2, -0.15) is 0 Å². The Morgan fingerprint density at radius 1 is 0.935 bits per heavy atom. The standard InChI is InChI=1S/C25H25N3O3/c1-16-9-11-20(12-10-16)24-27-22(18(3)31-24)15-28-23(19-7-5-4-6-8-19)26-17(2)21(13-14-29)25(28)30/h4-12,29H,13-15H2,1-3H3. The SMILES string of the molecule is Cc1ccc(-c2nc(Cn3c(-c4ccccc4)nc(C)c(CCO)c3=O)c(C)o2)cc1. The third kappa shape index (κ3) is 4.20. The van der Waals surface area contributed by atoms with Gasteiger partial charge in [-0.1, -0.05) is 48.0 Å². The highest BCUT2D eigenvalue weighted by Gasteiger charge is 2.19. The summed E-state index contributed by atoms with van der Waals surface area (Å²) in [5, 5.41) is 9.43. The van der Waals surface area contributed by atoms with Gasteiger partial charge >= 0.3 is 0 Å². The van der Waals surface area contributed by atoms with E-state index in [1.54, 1.807) is 11.5 Å². The Morgan fingerprint density at radius 2 is 1.65 bits per heavy atom. The first-order valence-electron chi connectivity index (χ1n) is 10.3. The van der Waals surface area contributed by atoms with Gasteiger partial charge in [-0.25, -0.2) is 9.97 Å². The summed E-state index contributed by atoms with van der Waals surface area (Å²) < 4.78 is 7.53. The quantitative estimate of drug-likeness (QED) is 0.513. The highest BCUT2D eigenvalue weighted by atomic mass is 16.4. The van der Waals surface area contributed by atoms with E-state index in [9.17, 15) is 9.90 Å². The van der Waals surface area contributed by atoms with E-state index in [1.807, 2.05) is 68.4 Å². The summed E-state index contributed by atoms with van der Waals surface area (Å²) in [4.78, 5) is 22.7. The van der Waals surface area contributed by atoms with E-state index in [0.29, 0.717) is 34.4 Å². The zero-order valence-corrected chi connectivity index (χ0v) is 17.9. The van der Waals surface area contributed by atoms with E-state index in [4.69, 9.17) is 9.40 Å². The summed E-state index contributed by atoms with van der Waals surface area (Å²) in [5.41, 5.74) is 4.55. The van der Waals surface area contributed by atoms with Crippen LogP contribution < -0.4 is 5.56 Å². The van der Waals surface area contributed by atoms with Gasteiger partial charge in [0, 0.05) is 35.4 Å². The molecule has 0 amide bonds. The molecular weight excluding hydrogens is 390 g/mol. The van der Waals surface area contributed by atoms with Gasteiger partial charge in [0.05, 0.1) is 6.54 Å². The average molecular weight is 415 g/mol. The number of aromatic nitrogens is 3. The molecule has 2 heterocycles. The molecule has 0 bridgehead atoms. The largest absolute Gasteiger partial charge is 0.441 e. The van der Waals surface area contributed by atoms with Crippen LogP contribution in [-0.2, 0) is 13.0 Å². The minimum Gasteiger partial charge on any atom is -0.441 e. The Bertz CT molecular complexity index is 1260. The van der Waals surface area contributed by atoms with Crippen molar-refractivity contribution in [3.05, 3.63) is 93.2 Å². The zero-order chi connectivity index (χ0) is 22.0. The molecule has 158 valence electrons. The highest BCUT2D eigenvalue weighted by molar-refractivity contribution is 5.57. The fraction of sp³-hybridized carbons (Fsp3) is 0.240. The molecule has 0 saturated carbocycles. The molecule has 0 atom stereocenters. The maximum absolute atomic E-state index is 13.4. The van der Waals surface area contributed by atoms with Gasteiger partial charge in [0.25, 0.3) is 5.56 Å². The molecule has 0 radical (unpaired) electrons. The Kier molecular flexibility index (Phi) is 5.82. The number of aliphatic hydroxyl groups excluding tert-OH is 1. The van der Waals surface area contributed by atoms with E-state index in [-0.39, 0.29) is 25.1 Å². The Morgan fingerprint density at radius 3 is 2.32 bits per heavy atom. The molecule has 0 spiro atoms. The first kappa shape index (κ1) is 20.8. The molecule has 1 N–H and O–H groups in total. The van der Waals surface area contributed by atoms with Gasteiger partial charge in [-0.15, -0.1) is 0 Å². The zero-order valence-electron chi connectivity index (χ0n) is 17.9. The molecule has 4 aromatic rings. The van der Waals surface area contributed by atoms with Crippen LogP contribution in [0.2, 0.25) is 0 Å². The molecule has 2 aromatic heterocycles. The third-order valence-electron chi connectivity index (χ3n) is 5.36. The minimum absolute atomic E-state index is 0.108. The molecule has 0 aliphatic carbocycles. The van der Waals surface area contributed by atoms with E-state index < -0.39 is 0 Å². The lowest BCUT2D eigenvalue weighted by Gasteiger charge is -2.15. The van der Waals surface area contributed by atoms with E-state index in [1.165, 1.54) is 0 Å². The number of oxazole rings is 1. The van der Waals surface area contributed by atoms with E-state index in [0.717, 1.165) is 16.7 Å². The molecule has 4 rings (SSSR count). The van der Waals surface area contributed by atoms with Gasteiger partial charge in [0.1, 0.15) is 17.3 Å². The van der Waals surface area contributed by atoms with Gasteiger partial charge in [0.15, 0.2) is 0 Å². The average Bonchev–Trinajstić information content (AvgIpc) is 3.14. The van der Waals surface area contributed by atoms with Gasteiger partial charge in [-0.05, 0) is 32.9 Å². The second-order valence-electron chi connectivity index (χ2n) is 7.62. The van der Waals surface area contributed by atoms with Crippen molar-refractivity contribution in [3.63, 3.8) is 0 Å². The van der Waals surface area contributed by atoms with Crippen LogP contribution in [0.25, 0.3) is 22.8 Å². The third-order valence-corrected chi connectivity index (χ3v) is 5.36. The van der Waals surface area contributed by atoms with Crippen molar-refractivity contribution in [2.45, 2.75) is 33.7 Å². The Hall–Kier alpha value is -3.51. The summed E-state index contributed by atoms with van der Waals surface area (Å²) in [7, 11) is 0. The topological polar surface area (TPSA) is 81.1 Å². The summed E-state index contributed by atoms with van der Waals surface area (Å²) in [6.45, 7) is 5.81. The number of hydrogen-bond donors (Lipinski definition) is 1. The lowest BCUT2D eigenvalue weighted by atomic mass is 10.1. The van der Waals surface area contributed by atoms with Gasteiger partial charge in [0.2, 0.25) is 5.89 Å². The van der Waals surface area contributed by atoms with Crippen molar-refractivity contribution >= 4 is 0 Å². The predicted octanol–water partition coefficient (Wildman–Crippen LogP) is 4.07. The maximum Gasteiger partial charge on any atom is 0.257 e. The lowest BCUT2D eigenvalue weighted by molar-refractivity contribution is 0.298. The van der Waals surface area contributed by atoms with Crippen LogP contribution in [0.15, 0.2) is 63.8 Å². The summed E-state index contributed by atoms with van der Waals surface area (Å²) in [6, 6.07) is 17.6. The summed E-state index contributed by atoms with van der Waals surface area (Å²) in [5.74, 6) is 1.76. The van der Waals surface area contributed by atoms with Crippen LogP contribution in [0.1, 0.15) is 28.3 Å². The van der Waals surface area contributed by atoms with Crippen molar-refractivity contribution in [1.82, 2.24) is 14.5 Å². The fourth-order valence-corrected chi connectivity index (χ4v) is 3.60. The van der Waals surface area contributed by atoms with E-state index >= 15 is 0 Å². The highest BCUT2D eigenvalue weighted by Crippen LogP contribution is 2.24. The van der Waals surface area contributed by atoms with Gasteiger partial charge < -0.3 is 9.52 Å². The second kappa shape index (κ2) is 8.70. The molecule has 6 nitrogen and oxygen atoms in total. The monoisotopic (exact) mass is 415 g/mol. The number of aliphatic hydroxyl groups is 1. The molecule has 0 aliphatic heterocycles. The molecule has 6 heteroatoms. The molecule has 0 fully saturated rings. The first-order valence-corrected chi connectivity index (χ1v) is 10.3. The molecule has 31 heavy (non-hydrogen) atoms. The van der Waals surface area contributed by atoms with Crippen LogP contribution in [0.4, 0.5) is 0 Å². The maximum atomic E-state index is 13.4. The van der Waals surface area contributed by atoms with E-state index in [2.05, 4.69) is 4.98 Å². The van der Waals surface area contributed by atoms with Crippen LogP contribution >= 0.6 is 0 Å². The van der Waals surface area contributed by atoms with Crippen LogP contribution in [0, 0.1) is 20.8 Å². The lowest BCUT2D eigenvalue weighted by Crippen LogP contribution is -2.29. The number of hydrogen-bond acceptors (Lipinski definition) is 5. The molecule has 2 aromatic carbocycles. The molecule has 0 unspecified atom stereocenters. The van der Waals surface area contributed by atoms with Gasteiger partial charge in [-0.3, -0.25) is 9.36 Å². The fourth-order valence-electron chi connectivity index (χ4n) is 3.60. The number of nitrogens with zero attached hydrogens (tertiary/aromatic N) is 3. The van der Waals surface area contributed by atoms with Crippen molar-refractivity contribution in [3.8, 4) is 22.8 Å². The van der Waals surface area contributed by atoms with Crippen molar-refractivity contribution in [2.75, 3.05) is 6.61 Å². The second-order valence-corrected chi connectivity index (χ2v) is 7.62. The van der Waals surface area contributed by atoms with Crippen molar-refractivity contribution in [1.29, 1.82) is 0 Å². The Balaban J connectivity index is 1.81. The van der Waals surface area contributed by atoms with Crippen molar-refractivity contribution in [2.24, 2.45) is 0 Å². The summed E-state index contributed by atoms with van der Waals surface area (Å²) >= 11 is 0. The predicted molar refractivity (Wildman–Crippen MR) is 120 cm³/mol. The number of benzene rings is 2. The number of aryl methyl sites for hydroxylation is 3. The molecule has 0 saturated heterocycles. The number of rotatable bonds is 6. The van der Waals surface area contributed by atoms with Crippen LogP contribution in [0.3, 0.4) is 0 Å². The molecular formula is C25H25N3O3. The molecule has 0 aliphatic rings. The first-order chi connectivity index (χ1) is 15.0. The van der Waals surface area contributed by atoms with Crippen molar-refractivity contribution < 1.29 is 9.52 Å². The summed E-state index contributed by atoms with van der Waals surface area (Å²) in [6.07, 6.45) is 0.263. The van der Waals surface area contributed by atoms with Crippen LogP contribution in [-0.4, -0.2) is 26.2 Å². The normalized spacial score (nSPS) is 11.1. The Labute approximate surface area is 180 Å². The van der Waals surface area contributed by atoms with Crippen LogP contribution in [0.5, 0.6) is 0 Å². The minimum atomic E-state index is -0.167.